The van der Waals surface area contributed by atoms with Crippen LogP contribution >= 0.6 is 11.6 Å². The maximum absolute atomic E-state index is 13.1. The summed E-state index contributed by atoms with van der Waals surface area (Å²) in [6.45, 7) is 0.552. The van der Waals surface area contributed by atoms with Crippen LogP contribution in [0.1, 0.15) is 22.0 Å². The number of aromatic nitrogens is 3. The summed E-state index contributed by atoms with van der Waals surface area (Å²) in [6, 6.07) is 11.6. The van der Waals surface area contributed by atoms with Gasteiger partial charge in [0, 0.05) is 37.0 Å². The number of fused-ring (bicyclic) bond motifs is 1. The Hall–Kier alpha value is -2.66. The summed E-state index contributed by atoms with van der Waals surface area (Å²) in [5.41, 5.74) is 2.52. The molecular formula is C18H15ClN4O. The fourth-order valence-electron chi connectivity index (χ4n) is 3.13. The van der Waals surface area contributed by atoms with E-state index in [0.717, 1.165) is 17.7 Å². The fraction of sp³-hybridized carbons (Fsp3) is 0.167. The standard InChI is InChI=1S/C18H15ClN4O/c19-16-11-20-8-6-15(16)18(24)22-12-14(23-9-3-7-21-23)10-13-4-1-2-5-17(13)22/h1-9,11,14H,10,12H2. The van der Waals surface area contributed by atoms with Crippen LogP contribution in [0, 0.1) is 0 Å². The minimum Gasteiger partial charge on any atom is -0.306 e. The quantitative estimate of drug-likeness (QED) is 0.719. The van der Waals surface area contributed by atoms with Crippen LogP contribution in [0.5, 0.6) is 0 Å². The maximum Gasteiger partial charge on any atom is 0.259 e. The Kier molecular flexibility index (Phi) is 3.78. The van der Waals surface area contributed by atoms with E-state index in [2.05, 4.69) is 16.1 Å². The normalized spacial score (nSPS) is 16.7. The Labute approximate surface area is 144 Å². The van der Waals surface area contributed by atoms with Crippen molar-refractivity contribution in [2.24, 2.45) is 0 Å². The van der Waals surface area contributed by atoms with Crippen molar-refractivity contribution < 1.29 is 4.79 Å². The van der Waals surface area contributed by atoms with Crippen molar-refractivity contribution in [3.8, 4) is 0 Å². The van der Waals surface area contributed by atoms with Crippen LogP contribution in [0.25, 0.3) is 0 Å². The lowest BCUT2D eigenvalue weighted by atomic mass is 9.97. The van der Waals surface area contributed by atoms with Gasteiger partial charge in [-0.25, -0.2) is 0 Å². The van der Waals surface area contributed by atoms with Gasteiger partial charge in [-0.1, -0.05) is 29.8 Å². The highest BCUT2D eigenvalue weighted by Gasteiger charge is 2.30. The predicted molar refractivity (Wildman–Crippen MR) is 92.3 cm³/mol. The second-order valence-electron chi connectivity index (χ2n) is 5.74. The topological polar surface area (TPSA) is 51.0 Å². The molecule has 0 aliphatic carbocycles. The Morgan fingerprint density at radius 3 is 2.83 bits per heavy atom. The van der Waals surface area contributed by atoms with E-state index in [9.17, 15) is 4.79 Å². The van der Waals surface area contributed by atoms with Crippen LogP contribution < -0.4 is 4.90 Å². The lowest BCUT2D eigenvalue weighted by Crippen LogP contribution is -2.41. The highest BCUT2D eigenvalue weighted by molar-refractivity contribution is 6.34. The highest BCUT2D eigenvalue weighted by atomic mass is 35.5. The highest BCUT2D eigenvalue weighted by Crippen LogP contribution is 2.33. The van der Waals surface area contributed by atoms with E-state index in [1.54, 1.807) is 23.4 Å². The van der Waals surface area contributed by atoms with Gasteiger partial charge in [-0.05, 0) is 30.2 Å². The Morgan fingerprint density at radius 2 is 2.04 bits per heavy atom. The molecule has 4 rings (SSSR count). The van der Waals surface area contributed by atoms with Gasteiger partial charge in [0.15, 0.2) is 0 Å². The molecule has 1 amide bonds. The molecule has 120 valence electrons. The zero-order chi connectivity index (χ0) is 16.5. The SMILES string of the molecule is O=C(c1ccncc1Cl)N1CC(n2cccn2)Cc2ccccc21. The number of anilines is 1. The summed E-state index contributed by atoms with van der Waals surface area (Å²) in [7, 11) is 0. The van der Waals surface area contributed by atoms with Crippen LogP contribution in [0.2, 0.25) is 5.02 Å². The molecule has 2 aromatic heterocycles. The molecule has 5 nitrogen and oxygen atoms in total. The lowest BCUT2D eigenvalue weighted by molar-refractivity contribution is 0.0980. The molecule has 24 heavy (non-hydrogen) atoms. The molecule has 6 heteroatoms. The van der Waals surface area contributed by atoms with E-state index in [1.807, 2.05) is 35.1 Å². The molecule has 1 unspecified atom stereocenters. The van der Waals surface area contributed by atoms with E-state index in [4.69, 9.17) is 11.6 Å². The molecule has 0 saturated heterocycles. The molecule has 0 bridgehead atoms. The second kappa shape index (κ2) is 6.09. The van der Waals surface area contributed by atoms with Gasteiger partial charge in [0.05, 0.1) is 16.6 Å². The number of para-hydroxylation sites is 1. The van der Waals surface area contributed by atoms with Gasteiger partial charge in [0.2, 0.25) is 0 Å². The van der Waals surface area contributed by atoms with Crippen LogP contribution in [0.4, 0.5) is 5.69 Å². The van der Waals surface area contributed by atoms with Crippen molar-refractivity contribution >= 4 is 23.2 Å². The van der Waals surface area contributed by atoms with E-state index in [0.29, 0.717) is 17.1 Å². The van der Waals surface area contributed by atoms with Crippen LogP contribution in [-0.2, 0) is 6.42 Å². The van der Waals surface area contributed by atoms with Gasteiger partial charge in [0.25, 0.3) is 5.91 Å². The van der Waals surface area contributed by atoms with Crippen molar-refractivity contribution in [3.63, 3.8) is 0 Å². The molecule has 1 aliphatic rings. The smallest absolute Gasteiger partial charge is 0.259 e. The number of hydrogen-bond donors (Lipinski definition) is 0. The number of amides is 1. The summed E-state index contributed by atoms with van der Waals surface area (Å²) < 4.78 is 1.91. The molecule has 1 aromatic carbocycles. The van der Waals surface area contributed by atoms with Crippen LogP contribution in [-0.4, -0.2) is 27.2 Å². The zero-order valence-electron chi connectivity index (χ0n) is 12.8. The summed E-state index contributed by atoms with van der Waals surface area (Å²) >= 11 is 6.17. The average Bonchev–Trinajstić information content (AvgIpc) is 3.15. The van der Waals surface area contributed by atoms with Crippen LogP contribution in [0.15, 0.2) is 61.2 Å². The zero-order valence-corrected chi connectivity index (χ0v) is 13.6. The lowest BCUT2D eigenvalue weighted by Gasteiger charge is -2.35. The molecular weight excluding hydrogens is 324 g/mol. The molecule has 0 N–H and O–H groups in total. The molecule has 0 fully saturated rings. The van der Waals surface area contributed by atoms with Gasteiger partial charge in [-0.15, -0.1) is 0 Å². The minimum absolute atomic E-state index is 0.0967. The first kappa shape index (κ1) is 14.9. The third kappa shape index (κ3) is 2.57. The predicted octanol–water partition coefficient (Wildman–Crippen LogP) is 3.38. The molecule has 3 aromatic rings. The largest absolute Gasteiger partial charge is 0.306 e. The fourth-order valence-corrected chi connectivity index (χ4v) is 3.33. The summed E-state index contributed by atoms with van der Waals surface area (Å²) in [5, 5.41) is 4.70. The Bertz CT molecular complexity index is 878. The van der Waals surface area contributed by atoms with Crippen LogP contribution in [0.3, 0.4) is 0 Å². The number of benzene rings is 1. The number of halogens is 1. The van der Waals surface area contributed by atoms with E-state index < -0.39 is 0 Å². The third-order valence-corrected chi connectivity index (χ3v) is 4.58. The number of pyridine rings is 1. The number of nitrogens with zero attached hydrogens (tertiary/aromatic N) is 4. The minimum atomic E-state index is -0.119. The van der Waals surface area contributed by atoms with E-state index >= 15 is 0 Å². The Morgan fingerprint density at radius 1 is 1.17 bits per heavy atom. The average molecular weight is 339 g/mol. The number of rotatable bonds is 2. The van der Waals surface area contributed by atoms with Crippen molar-refractivity contribution in [2.75, 3.05) is 11.4 Å². The maximum atomic E-state index is 13.1. The van der Waals surface area contributed by atoms with Crippen molar-refractivity contribution in [3.05, 3.63) is 77.3 Å². The van der Waals surface area contributed by atoms with Gasteiger partial charge < -0.3 is 4.90 Å². The third-order valence-electron chi connectivity index (χ3n) is 4.28. The van der Waals surface area contributed by atoms with Crippen molar-refractivity contribution in [1.82, 2.24) is 14.8 Å². The number of carbonyl (C=O) groups is 1. The first-order valence-electron chi connectivity index (χ1n) is 7.72. The van der Waals surface area contributed by atoms with Gasteiger partial charge in [-0.3, -0.25) is 14.5 Å². The molecule has 0 radical (unpaired) electrons. The monoisotopic (exact) mass is 338 g/mol. The van der Waals surface area contributed by atoms with E-state index in [1.165, 1.54) is 6.20 Å². The number of hydrogen-bond acceptors (Lipinski definition) is 3. The molecule has 0 saturated carbocycles. The van der Waals surface area contributed by atoms with Gasteiger partial charge in [-0.2, -0.15) is 5.10 Å². The first-order chi connectivity index (χ1) is 11.7. The first-order valence-corrected chi connectivity index (χ1v) is 8.10. The van der Waals surface area contributed by atoms with E-state index in [-0.39, 0.29) is 11.9 Å². The van der Waals surface area contributed by atoms with Gasteiger partial charge >= 0.3 is 0 Å². The second-order valence-corrected chi connectivity index (χ2v) is 6.15. The molecule has 1 aliphatic heterocycles. The van der Waals surface area contributed by atoms with Crippen molar-refractivity contribution in [2.45, 2.75) is 12.5 Å². The number of carbonyl (C=O) groups excluding carboxylic acids is 1. The molecule has 0 spiro atoms. The summed E-state index contributed by atoms with van der Waals surface area (Å²) in [4.78, 5) is 18.8. The molecule has 3 heterocycles. The molecule has 1 atom stereocenters. The summed E-state index contributed by atoms with van der Waals surface area (Å²) in [6.07, 6.45) is 7.61. The Balaban J connectivity index is 1.76. The van der Waals surface area contributed by atoms with Crippen molar-refractivity contribution in [1.29, 1.82) is 0 Å². The summed E-state index contributed by atoms with van der Waals surface area (Å²) in [5.74, 6) is -0.119. The van der Waals surface area contributed by atoms with Gasteiger partial charge in [0.1, 0.15) is 0 Å².